The molecule has 0 aliphatic carbocycles. The second-order valence-corrected chi connectivity index (χ2v) is 8.20. The topological polar surface area (TPSA) is 90.3 Å². The lowest BCUT2D eigenvalue weighted by Gasteiger charge is -2.11. The molecule has 0 bridgehead atoms. The molecule has 0 saturated carbocycles. The summed E-state index contributed by atoms with van der Waals surface area (Å²) in [4.78, 5) is 11.5. The number of ether oxygens (including phenoxy) is 1. The minimum Gasteiger partial charge on any atom is -0.497 e. The first-order valence-corrected chi connectivity index (χ1v) is 10.5. The molecule has 3 rings (SSSR count). The van der Waals surface area contributed by atoms with E-state index in [1.807, 2.05) is 0 Å². The molecule has 1 heterocycles. The first-order chi connectivity index (χ1) is 14.6. The maximum atomic E-state index is 12.8. The van der Waals surface area contributed by atoms with Gasteiger partial charge in [-0.05, 0) is 48.5 Å². The highest BCUT2D eigenvalue weighted by atomic mass is 32.2. The summed E-state index contributed by atoms with van der Waals surface area (Å²) in [6.45, 7) is -0.349. The molecule has 0 spiro atoms. The number of halogens is 3. The predicted molar refractivity (Wildman–Crippen MR) is 107 cm³/mol. The lowest BCUT2D eigenvalue weighted by Crippen LogP contribution is -2.32. The number of aromatic nitrogens is 2. The fourth-order valence-corrected chi connectivity index (χ4v) is 3.80. The SMILES string of the molecule is COc1ccc(-c2ccc(=O)n(CCNS(=O)(=O)c3cccc(C(F)(F)F)c3)n2)cc1. The summed E-state index contributed by atoms with van der Waals surface area (Å²) in [6.07, 6.45) is -4.66. The number of rotatable bonds is 7. The smallest absolute Gasteiger partial charge is 0.416 e. The number of alkyl halides is 3. The third-order valence-electron chi connectivity index (χ3n) is 4.34. The van der Waals surface area contributed by atoms with Crippen molar-refractivity contribution >= 4 is 10.0 Å². The van der Waals surface area contributed by atoms with E-state index in [2.05, 4.69) is 9.82 Å². The van der Waals surface area contributed by atoms with Crippen LogP contribution in [0.25, 0.3) is 11.3 Å². The summed E-state index contributed by atoms with van der Waals surface area (Å²) in [5.41, 5.74) is -0.307. The van der Waals surface area contributed by atoms with Crippen LogP contribution in [0.4, 0.5) is 13.2 Å². The summed E-state index contributed by atoms with van der Waals surface area (Å²) in [7, 11) is -2.67. The molecule has 0 unspecified atom stereocenters. The number of benzene rings is 2. The number of sulfonamides is 1. The summed E-state index contributed by atoms with van der Waals surface area (Å²) >= 11 is 0. The fourth-order valence-electron chi connectivity index (χ4n) is 2.73. The van der Waals surface area contributed by atoms with Crippen LogP contribution in [0.15, 0.2) is 70.4 Å². The Balaban J connectivity index is 1.73. The van der Waals surface area contributed by atoms with Crippen molar-refractivity contribution < 1.29 is 26.3 Å². The number of nitrogens with zero attached hydrogens (tertiary/aromatic N) is 2. The van der Waals surface area contributed by atoms with Gasteiger partial charge in [-0.2, -0.15) is 18.3 Å². The molecule has 1 N–H and O–H groups in total. The van der Waals surface area contributed by atoms with Gasteiger partial charge in [-0.15, -0.1) is 0 Å². The normalized spacial score (nSPS) is 12.0. The zero-order valence-corrected chi connectivity index (χ0v) is 17.1. The highest BCUT2D eigenvalue weighted by Crippen LogP contribution is 2.30. The van der Waals surface area contributed by atoms with Gasteiger partial charge in [-0.1, -0.05) is 6.07 Å². The summed E-state index contributed by atoms with van der Waals surface area (Å²) in [6, 6.07) is 13.2. The van der Waals surface area contributed by atoms with Crippen molar-refractivity contribution in [2.45, 2.75) is 17.6 Å². The lowest BCUT2D eigenvalue weighted by atomic mass is 10.1. The van der Waals surface area contributed by atoms with Gasteiger partial charge in [0.2, 0.25) is 10.0 Å². The first-order valence-electron chi connectivity index (χ1n) is 9.00. The molecule has 11 heteroatoms. The zero-order valence-electron chi connectivity index (χ0n) is 16.3. The van der Waals surface area contributed by atoms with Crippen molar-refractivity contribution in [1.82, 2.24) is 14.5 Å². The number of hydrogen-bond acceptors (Lipinski definition) is 5. The van der Waals surface area contributed by atoms with Crippen LogP contribution in [0.3, 0.4) is 0 Å². The maximum Gasteiger partial charge on any atom is 0.416 e. The quantitative estimate of drug-likeness (QED) is 0.594. The average molecular weight is 453 g/mol. The van der Waals surface area contributed by atoms with Gasteiger partial charge in [0.25, 0.3) is 5.56 Å². The van der Waals surface area contributed by atoms with Crippen molar-refractivity contribution in [2.75, 3.05) is 13.7 Å². The van der Waals surface area contributed by atoms with Crippen LogP contribution in [0.1, 0.15) is 5.56 Å². The zero-order chi connectivity index (χ0) is 22.6. The van der Waals surface area contributed by atoms with Gasteiger partial charge in [0, 0.05) is 18.2 Å². The van der Waals surface area contributed by atoms with Crippen molar-refractivity contribution in [1.29, 1.82) is 0 Å². The molecule has 0 saturated heterocycles. The minimum atomic E-state index is -4.66. The molecule has 1 aromatic heterocycles. The van der Waals surface area contributed by atoms with Gasteiger partial charge < -0.3 is 4.74 Å². The van der Waals surface area contributed by atoms with E-state index in [1.165, 1.54) is 19.2 Å². The van der Waals surface area contributed by atoms with E-state index in [9.17, 15) is 26.4 Å². The van der Waals surface area contributed by atoms with Crippen LogP contribution < -0.4 is 15.0 Å². The Labute approximate surface area is 176 Å². The number of methoxy groups -OCH3 is 1. The Kier molecular flexibility index (Phi) is 6.46. The monoisotopic (exact) mass is 453 g/mol. The van der Waals surface area contributed by atoms with Crippen LogP contribution in [0, 0.1) is 0 Å². The Hall–Kier alpha value is -3.18. The minimum absolute atomic E-state index is 0.110. The largest absolute Gasteiger partial charge is 0.497 e. The molecule has 0 aliphatic rings. The Morgan fingerprint density at radius 2 is 1.77 bits per heavy atom. The van der Waals surface area contributed by atoms with Crippen LogP contribution in [-0.4, -0.2) is 31.9 Å². The van der Waals surface area contributed by atoms with Crippen molar-refractivity contribution in [3.05, 3.63) is 76.6 Å². The lowest BCUT2D eigenvalue weighted by molar-refractivity contribution is -0.137. The van der Waals surface area contributed by atoms with E-state index in [4.69, 9.17) is 4.74 Å². The maximum absolute atomic E-state index is 12.8. The number of hydrogen-bond donors (Lipinski definition) is 1. The Morgan fingerprint density at radius 3 is 2.42 bits per heavy atom. The summed E-state index contributed by atoms with van der Waals surface area (Å²) in [5.74, 6) is 0.654. The van der Waals surface area contributed by atoms with Gasteiger partial charge in [-0.25, -0.2) is 17.8 Å². The molecular formula is C20H18F3N3O4S. The van der Waals surface area contributed by atoms with Crippen molar-refractivity contribution in [3.63, 3.8) is 0 Å². The van der Waals surface area contributed by atoms with E-state index in [1.54, 1.807) is 24.3 Å². The van der Waals surface area contributed by atoms with Gasteiger partial charge in [0.1, 0.15) is 5.75 Å². The molecule has 0 amide bonds. The Morgan fingerprint density at radius 1 is 1.06 bits per heavy atom. The molecule has 7 nitrogen and oxygen atoms in total. The molecular weight excluding hydrogens is 435 g/mol. The molecule has 0 atom stereocenters. The van der Waals surface area contributed by atoms with Gasteiger partial charge in [-0.3, -0.25) is 4.79 Å². The van der Waals surface area contributed by atoms with Crippen molar-refractivity contribution in [2.24, 2.45) is 0 Å². The highest BCUT2D eigenvalue weighted by Gasteiger charge is 2.31. The first kappa shape index (κ1) is 22.5. The highest BCUT2D eigenvalue weighted by molar-refractivity contribution is 7.89. The third-order valence-corrected chi connectivity index (χ3v) is 5.80. The second-order valence-electron chi connectivity index (χ2n) is 6.43. The van der Waals surface area contributed by atoms with E-state index in [0.717, 1.165) is 28.4 Å². The number of nitrogens with one attached hydrogen (secondary N) is 1. The summed E-state index contributed by atoms with van der Waals surface area (Å²) < 4.78 is 71.5. The fraction of sp³-hybridized carbons (Fsp3) is 0.200. The van der Waals surface area contributed by atoms with Gasteiger partial charge in [0.05, 0.1) is 29.8 Å². The molecule has 0 aliphatic heterocycles. The van der Waals surface area contributed by atoms with Crippen LogP contribution >= 0.6 is 0 Å². The van der Waals surface area contributed by atoms with E-state index < -0.39 is 32.2 Å². The molecule has 0 fully saturated rings. The Bertz CT molecular complexity index is 1220. The van der Waals surface area contributed by atoms with E-state index >= 15 is 0 Å². The third kappa shape index (κ3) is 5.50. The van der Waals surface area contributed by atoms with Crippen LogP contribution in [-0.2, 0) is 22.7 Å². The van der Waals surface area contributed by atoms with Crippen LogP contribution in [0.5, 0.6) is 5.75 Å². The molecule has 3 aromatic rings. The molecule has 2 aromatic carbocycles. The van der Waals surface area contributed by atoms with E-state index in [0.29, 0.717) is 17.5 Å². The molecule has 31 heavy (non-hydrogen) atoms. The average Bonchev–Trinajstić information content (AvgIpc) is 2.74. The van der Waals surface area contributed by atoms with Crippen molar-refractivity contribution in [3.8, 4) is 17.0 Å². The predicted octanol–water partition coefficient (Wildman–Crippen LogP) is 2.92. The van der Waals surface area contributed by atoms with Gasteiger partial charge in [0.15, 0.2) is 0 Å². The molecule has 0 radical (unpaired) electrons. The van der Waals surface area contributed by atoms with Crippen LogP contribution in [0.2, 0.25) is 0 Å². The standard InChI is InChI=1S/C20H18F3N3O4S/c1-30-16-7-5-14(6-8-16)18-9-10-19(27)26(25-18)12-11-24-31(28,29)17-4-2-3-15(13-17)20(21,22)23/h2-10,13,24H,11-12H2,1H3. The summed E-state index contributed by atoms with van der Waals surface area (Å²) in [5, 5.41) is 4.22. The van der Waals surface area contributed by atoms with Gasteiger partial charge >= 0.3 is 6.18 Å². The molecule has 164 valence electrons. The van der Waals surface area contributed by atoms with E-state index in [-0.39, 0.29) is 13.1 Å². The second kappa shape index (κ2) is 8.90.